The maximum Gasteiger partial charge on any atom is 0.294 e. The van der Waals surface area contributed by atoms with E-state index in [-0.39, 0.29) is 18.2 Å². The first-order valence-corrected chi connectivity index (χ1v) is 6.73. The smallest absolute Gasteiger partial charge is 0.294 e. The quantitative estimate of drug-likeness (QED) is 0.878. The van der Waals surface area contributed by atoms with Crippen molar-refractivity contribution < 1.29 is 14.1 Å². The zero-order valence-electron chi connectivity index (χ0n) is 12.7. The van der Waals surface area contributed by atoms with E-state index < -0.39 is 5.91 Å². The molecule has 0 bridgehead atoms. The summed E-state index contributed by atoms with van der Waals surface area (Å²) in [5.41, 5.74) is 1.80. The van der Waals surface area contributed by atoms with Crippen LogP contribution in [0, 0.1) is 6.92 Å². The van der Waals surface area contributed by atoms with Gasteiger partial charge < -0.3 is 20.1 Å². The molecule has 0 saturated carbocycles. The monoisotopic (exact) mass is 302 g/mol. The Kier molecular flexibility index (Phi) is 4.90. The molecule has 2 N–H and O–H groups in total. The highest BCUT2D eigenvalue weighted by molar-refractivity contribution is 6.02. The van der Waals surface area contributed by atoms with Crippen LogP contribution in [0.5, 0.6) is 0 Å². The van der Waals surface area contributed by atoms with E-state index in [2.05, 4.69) is 15.8 Å². The fraction of sp³-hybridized carbons (Fsp3) is 0.267. The van der Waals surface area contributed by atoms with Gasteiger partial charge in [-0.1, -0.05) is 11.2 Å². The van der Waals surface area contributed by atoms with Crippen molar-refractivity contribution >= 4 is 23.2 Å². The standard InChI is InChI=1S/C15H18N4O3/c1-10-7-13(22-18-10)15(21)17-12-6-4-5-11(8-12)16-14(20)9-19(2)3/h4-8H,9H2,1-3H3,(H,16,20)(H,17,21). The summed E-state index contributed by atoms with van der Waals surface area (Å²) >= 11 is 0. The Hall–Kier alpha value is -2.67. The van der Waals surface area contributed by atoms with E-state index in [0.29, 0.717) is 17.1 Å². The van der Waals surface area contributed by atoms with E-state index in [4.69, 9.17) is 4.52 Å². The number of rotatable bonds is 5. The minimum absolute atomic E-state index is 0.126. The lowest BCUT2D eigenvalue weighted by molar-refractivity contribution is -0.116. The summed E-state index contributed by atoms with van der Waals surface area (Å²) in [6, 6.07) is 8.45. The van der Waals surface area contributed by atoms with Gasteiger partial charge in [0.2, 0.25) is 11.7 Å². The highest BCUT2D eigenvalue weighted by atomic mass is 16.5. The second-order valence-corrected chi connectivity index (χ2v) is 5.15. The van der Waals surface area contributed by atoms with E-state index in [1.165, 1.54) is 0 Å². The summed E-state index contributed by atoms with van der Waals surface area (Å²) in [5, 5.41) is 9.12. The Morgan fingerprint density at radius 2 is 1.86 bits per heavy atom. The lowest BCUT2D eigenvalue weighted by Gasteiger charge is -2.11. The summed E-state index contributed by atoms with van der Waals surface area (Å²) in [4.78, 5) is 25.5. The van der Waals surface area contributed by atoms with Crippen LogP contribution in [0.15, 0.2) is 34.9 Å². The summed E-state index contributed by atoms with van der Waals surface area (Å²) in [6.07, 6.45) is 0. The van der Waals surface area contributed by atoms with Gasteiger partial charge in [-0.25, -0.2) is 0 Å². The maximum atomic E-state index is 12.0. The molecule has 7 nitrogen and oxygen atoms in total. The third-order valence-electron chi connectivity index (χ3n) is 2.72. The Morgan fingerprint density at radius 1 is 1.18 bits per heavy atom. The third kappa shape index (κ3) is 4.42. The molecule has 0 aliphatic rings. The van der Waals surface area contributed by atoms with E-state index in [9.17, 15) is 9.59 Å². The molecule has 1 aromatic heterocycles. The normalized spacial score (nSPS) is 10.5. The number of hydrogen-bond acceptors (Lipinski definition) is 5. The molecule has 1 aromatic carbocycles. The van der Waals surface area contributed by atoms with Crippen molar-refractivity contribution in [3.05, 3.63) is 41.8 Å². The van der Waals surface area contributed by atoms with Gasteiger partial charge in [0.05, 0.1) is 12.2 Å². The van der Waals surface area contributed by atoms with E-state index in [0.717, 1.165) is 0 Å². The zero-order chi connectivity index (χ0) is 16.1. The number of carbonyl (C=O) groups excluding carboxylic acids is 2. The number of anilines is 2. The number of benzene rings is 1. The molecule has 1 heterocycles. The molecule has 0 radical (unpaired) electrons. The molecule has 0 atom stereocenters. The molecule has 0 unspecified atom stereocenters. The number of nitrogens with one attached hydrogen (secondary N) is 2. The Morgan fingerprint density at radius 3 is 2.45 bits per heavy atom. The first kappa shape index (κ1) is 15.7. The number of amides is 2. The first-order chi connectivity index (χ1) is 10.4. The summed E-state index contributed by atoms with van der Waals surface area (Å²) < 4.78 is 4.90. The van der Waals surface area contributed by atoms with Crippen LogP contribution in [0.1, 0.15) is 16.2 Å². The minimum atomic E-state index is -0.391. The largest absolute Gasteiger partial charge is 0.351 e. The molecule has 0 saturated heterocycles. The van der Waals surface area contributed by atoms with Crippen molar-refractivity contribution in [2.75, 3.05) is 31.3 Å². The molecule has 0 aliphatic heterocycles. The Balaban J connectivity index is 2.02. The van der Waals surface area contributed by atoms with Gasteiger partial charge in [-0.15, -0.1) is 0 Å². The molecule has 116 valence electrons. The lowest BCUT2D eigenvalue weighted by Crippen LogP contribution is -2.27. The number of nitrogens with zero attached hydrogens (tertiary/aromatic N) is 2. The van der Waals surface area contributed by atoms with Crippen molar-refractivity contribution in [1.29, 1.82) is 0 Å². The second kappa shape index (κ2) is 6.86. The van der Waals surface area contributed by atoms with Crippen LogP contribution >= 0.6 is 0 Å². The van der Waals surface area contributed by atoms with E-state index in [1.54, 1.807) is 42.2 Å². The van der Waals surface area contributed by atoms with Gasteiger partial charge in [-0.05, 0) is 39.2 Å². The molecule has 2 amide bonds. The third-order valence-corrected chi connectivity index (χ3v) is 2.72. The van der Waals surface area contributed by atoms with Crippen LogP contribution in [0.4, 0.5) is 11.4 Å². The van der Waals surface area contributed by atoms with Gasteiger partial charge in [-0.3, -0.25) is 9.59 Å². The molecule has 2 rings (SSSR count). The fourth-order valence-electron chi connectivity index (χ4n) is 1.83. The van der Waals surface area contributed by atoms with Gasteiger partial charge in [0.15, 0.2) is 0 Å². The van der Waals surface area contributed by atoms with Crippen molar-refractivity contribution in [2.24, 2.45) is 0 Å². The van der Waals surface area contributed by atoms with Crippen LogP contribution < -0.4 is 10.6 Å². The molecule has 0 aliphatic carbocycles. The summed E-state index contributed by atoms with van der Waals surface area (Å²) in [7, 11) is 3.63. The van der Waals surface area contributed by atoms with Crippen molar-refractivity contribution in [3.63, 3.8) is 0 Å². The predicted molar refractivity (Wildman–Crippen MR) is 82.8 cm³/mol. The molecule has 22 heavy (non-hydrogen) atoms. The van der Waals surface area contributed by atoms with Crippen LogP contribution in [-0.4, -0.2) is 42.5 Å². The van der Waals surface area contributed by atoms with Crippen LogP contribution in [0.25, 0.3) is 0 Å². The average molecular weight is 302 g/mol. The van der Waals surface area contributed by atoms with Gasteiger partial charge in [0.1, 0.15) is 0 Å². The Labute approximate surface area is 128 Å². The molecule has 7 heteroatoms. The maximum absolute atomic E-state index is 12.0. The van der Waals surface area contributed by atoms with Crippen molar-refractivity contribution in [2.45, 2.75) is 6.92 Å². The number of hydrogen-bond donors (Lipinski definition) is 2. The zero-order valence-corrected chi connectivity index (χ0v) is 12.7. The average Bonchev–Trinajstić information content (AvgIpc) is 2.85. The van der Waals surface area contributed by atoms with E-state index >= 15 is 0 Å². The van der Waals surface area contributed by atoms with Crippen molar-refractivity contribution in [3.8, 4) is 0 Å². The molecular formula is C15H18N4O3. The van der Waals surface area contributed by atoms with Gasteiger partial charge in [-0.2, -0.15) is 0 Å². The molecule has 0 fully saturated rings. The fourth-order valence-corrected chi connectivity index (χ4v) is 1.83. The van der Waals surface area contributed by atoms with Crippen LogP contribution in [0.2, 0.25) is 0 Å². The molecule has 0 spiro atoms. The first-order valence-electron chi connectivity index (χ1n) is 6.73. The van der Waals surface area contributed by atoms with Crippen molar-refractivity contribution in [1.82, 2.24) is 10.1 Å². The lowest BCUT2D eigenvalue weighted by atomic mass is 10.2. The Bertz CT molecular complexity index is 679. The number of carbonyl (C=O) groups is 2. The van der Waals surface area contributed by atoms with Crippen LogP contribution in [0.3, 0.4) is 0 Å². The summed E-state index contributed by atoms with van der Waals surface area (Å²) in [6.45, 7) is 2.02. The van der Waals surface area contributed by atoms with Gasteiger partial charge in [0, 0.05) is 17.4 Å². The van der Waals surface area contributed by atoms with Crippen LogP contribution in [-0.2, 0) is 4.79 Å². The van der Waals surface area contributed by atoms with E-state index in [1.807, 2.05) is 14.1 Å². The molecular weight excluding hydrogens is 284 g/mol. The predicted octanol–water partition coefficient (Wildman–Crippen LogP) is 1.74. The SMILES string of the molecule is Cc1cc(C(=O)Nc2cccc(NC(=O)CN(C)C)c2)on1. The topological polar surface area (TPSA) is 87.5 Å². The second-order valence-electron chi connectivity index (χ2n) is 5.15. The highest BCUT2D eigenvalue weighted by Gasteiger charge is 2.12. The highest BCUT2D eigenvalue weighted by Crippen LogP contribution is 2.16. The number of likely N-dealkylation sites (N-methyl/N-ethyl adjacent to an activating group) is 1. The minimum Gasteiger partial charge on any atom is -0.351 e. The molecule has 2 aromatic rings. The number of aromatic nitrogens is 1. The van der Waals surface area contributed by atoms with Gasteiger partial charge in [0.25, 0.3) is 5.91 Å². The van der Waals surface area contributed by atoms with Gasteiger partial charge >= 0.3 is 0 Å². The number of aryl methyl sites for hydroxylation is 1. The summed E-state index contributed by atoms with van der Waals surface area (Å²) in [5.74, 6) is -0.378.